The summed E-state index contributed by atoms with van der Waals surface area (Å²) >= 11 is 0. The molecule has 0 amide bonds. The van der Waals surface area contributed by atoms with Crippen LogP contribution in [0.3, 0.4) is 0 Å². The molecule has 1 aromatic carbocycles. The first kappa shape index (κ1) is 17.7. The minimum absolute atomic E-state index is 0.0175. The molecule has 5 nitrogen and oxygen atoms in total. The van der Waals surface area contributed by atoms with E-state index in [-0.39, 0.29) is 15.9 Å². The van der Waals surface area contributed by atoms with E-state index in [2.05, 4.69) is 0 Å². The molecule has 0 aliphatic rings. The summed E-state index contributed by atoms with van der Waals surface area (Å²) in [4.78, 5) is 11.3. The Kier molecular flexibility index (Phi) is 5.17. The summed E-state index contributed by atoms with van der Waals surface area (Å²) in [7, 11) is -2.17. The Labute approximate surface area is 126 Å². The molecular formula is C15H23NO4S. The van der Waals surface area contributed by atoms with Crippen LogP contribution < -0.4 is 0 Å². The molecule has 0 saturated heterocycles. The fourth-order valence-electron chi connectivity index (χ4n) is 2.16. The number of carbonyl (C=O) groups is 1. The highest BCUT2D eigenvalue weighted by molar-refractivity contribution is 7.89. The van der Waals surface area contributed by atoms with Gasteiger partial charge in [0.05, 0.1) is 10.5 Å². The molecule has 0 bridgehead atoms. The third-order valence-corrected chi connectivity index (χ3v) is 4.90. The third-order valence-electron chi connectivity index (χ3n) is 3.10. The predicted molar refractivity (Wildman–Crippen MR) is 82.1 cm³/mol. The van der Waals surface area contributed by atoms with E-state index in [1.54, 1.807) is 6.07 Å². The molecule has 21 heavy (non-hydrogen) atoms. The molecule has 118 valence electrons. The van der Waals surface area contributed by atoms with Crippen LogP contribution in [0.5, 0.6) is 0 Å². The molecule has 0 unspecified atom stereocenters. The summed E-state index contributed by atoms with van der Waals surface area (Å²) in [5.41, 5.74) is 0.489. The zero-order valence-corrected chi connectivity index (χ0v) is 14.0. The van der Waals surface area contributed by atoms with Crippen LogP contribution in [0.25, 0.3) is 0 Å². The second kappa shape index (κ2) is 6.15. The Morgan fingerprint density at radius 2 is 1.86 bits per heavy atom. The maximum absolute atomic E-state index is 12.5. The molecule has 1 aromatic rings. The monoisotopic (exact) mass is 313 g/mol. The van der Waals surface area contributed by atoms with Crippen LogP contribution in [0.15, 0.2) is 23.1 Å². The number of aromatic carboxylic acids is 1. The van der Waals surface area contributed by atoms with Gasteiger partial charge < -0.3 is 5.11 Å². The minimum atomic E-state index is -3.68. The largest absolute Gasteiger partial charge is 0.478 e. The van der Waals surface area contributed by atoms with Crippen molar-refractivity contribution in [1.29, 1.82) is 0 Å². The van der Waals surface area contributed by atoms with Gasteiger partial charge in [-0.2, -0.15) is 0 Å². The van der Waals surface area contributed by atoms with Gasteiger partial charge in [-0.1, -0.05) is 33.8 Å². The average molecular weight is 313 g/mol. The highest BCUT2D eigenvalue weighted by Crippen LogP contribution is 2.23. The number of benzene rings is 1. The maximum Gasteiger partial charge on any atom is 0.336 e. The zero-order valence-electron chi connectivity index (χ0n) is 13.2. The van der Waals surface area contributed by atoms with Gasteiger partial charge in [0.2, 0.25) is 10.0 Å². The topological polar surface area (TPSA) is 74.7 Å². The average Bonchev–Trinajstić information content (AvgIpc) is 2.35. The van der Waals surface area contributed by atoms with Crippen molar-refractivity contribution < 1.29 is 18.3 Å². The van der Waals surface area contributed by atoms with E-state index in [1.165, 1.54) is 23.5 Å². The lowest BCUT2D eigenvalue weighted by molar-refractivity contribution is 0.0695. The number of aryl methyl sites for hydroxylation is 1. The van der Waals surface area contributed by atoms with Crippen molar-refractivity contribution in [2.45, 2.75) is 39.0 Å². The summed E-state index contributed by atoms with van der Waals surface area (Å²) in [6.45, 7) is 8.03. The van der Waals surface area contributed by atoms with Gasteiger partial charge in [0.15, 0.2) is 0 Å². The fourth-order valence-corrected chi connectivity index (χ4v) is 3.58. The van der Waals surface area contributed by atoms with E-state index >= 15 is 0 Å². The molecule has 0 aliphatic heterocycles. The first-order valence-electron chi connectivity index (χ1n) is 6.81. The summed E-state index contributed by atoms with van der Waals surface area (Å²) < 4.78 is 26.3. The predicted octanol–water partition coefficient (Wildman–Crippen LogP) is 2.61. The lowest BCUT2D eigenvalue weighted by Gasteiger charge is -2.26. The Balaban J connectivity index is 3.26. The quantitative estimate of drug-likeness (QED) is 0.906. The number of nitrogens with zero attached hydrogens (tertiary/aromatic N) is 1. The number of carboxylic acids is 1. The van der Waals surface area contributed by atoms with Gasteiger partial charge in [0.1, 0.15) is 0 Å². The zero-order chi connectivity index (χ0) is 16.4. The Bertz CT molecular complexity index is 630. The lowest BCUT2D eigenvalue weighted by Crippen LogP contribution is -2.34. The number of hydrogen-bond acceptors (Lipinski definition) is 3. The van der Waals surface area contributed by atoms with Crippen LogP contribution >= 0.6 is 0 Å². The van der Waals surface area contributed by atoms with Crippen molar-refractivity contribution in [3.63, 3.8) is 0 Å². The summed E-state index contributed by atoms with van der Waals surface area (Å²) in [5, 5.41) is 9.20. The highest BCUT2D eigenvalue weighted by Gasteiger charge is 2.26. The van der Waals surface area contributed by atoms with Gasteiger partial charge in [-0.25, -0.2) is 17.5 Å². The van der Waals surface area contributed by atoms with Gasteiger partial charge in [0.25, 0.3) is 0 Å². The lowest BCUT2D eigenvalue weighted by atomic mass is 9.97. The SMILES string of the molecule is CCc1ccc(S(=O)(=O)N(C)CC(C)(C)C)cc1C(=O)O. The van der Waals surface area contributed by atoms with Gasteiger partial charge in [-0.05, 0) is 29.5 Å². The molecule has 1 N–H and O–H groups in total. The van der Waals surface area contributed by atoms with Crippen LogP contribution in [0.1, 0.15) is 43.6 Å². The molecular weight excluding hydrogens is 290 g/mol. The minimum Gasteiger partial charge on any atom is -0.478 e. The maximum atomic E-state index is 12.5. The van der Waals surface area contributed by atoms with E-state index < -0.39 is 16.0 Å². The van der Waals surface area contributed by atoms with Crippen molar-refractivity contribution in [2.24, 2.45) is 5.41 Å². The fraction of sp³-hybridized carbons (Fsp3) is 0.533. The molecule has 0 saturated carbocycles. The molecule has 0 spiro atoms. The number of carboxylic acid groups (broad SMARTS) is 1. The number of sulfonamides is 1. The molecule has 6 heteroatoms. The van der Waals surface area contributed by atoms with Crippen LogP contribution in [0, 0.1) is 5.41 Å². The normalized spacial score (nSPS) is 12.7. The Morgan fingerprint density at radius 1 is 1.29 bits per heavy atom. The number of hydrogen-bond donors (Lipinski definition) is 1. The molecule has 0 aliphatic carbocycles. The number of rotatable bonds is 5. The summed E-state index contributed by atoms with van der Waals surface area (Å²) in [6, 6.07) is 4.29. The van der Waals surface area contributed by atoms with Crippen molar-refractivity contribution in [3.8, 4) is 0 Å². The van der Waals surface area contributed by atoms with Crippen LogP contribution in [-0.4, -0.2) is 37.4 Å². The standard InChI is InChI=1S/C15H23NO4S/c1-6-11-7-8-12(9-13(11)14(17)18)21(19,20)16(5)10-15(2,3)4/h7-9H,6,10H2,1-5H3,(H,17,18). The Morgan fingerprint density at radius 3 is 2.29 bits per heavy atom. The van der Waals surface area contributed by atoms with E-state index in [0.717, 1.165) is 0 Å². The van der Waals surface area contributed by atoms with E-state index in [4.69, 9.17) is 0 Å². The van der Waals surface area contributed by atoms with Gasteiger partial charge in [0, 0.05) is 13.6 Å². The van der Waals surface area contributed by atoms with Gasteiger partial charge in [-0.15, -0.1) is 0 Å². The molecule has 0 fully saturated rings. The van der Waals surface area contributed by atoms with E-state index in [1.807, 2.05) is 27.7 Å². The second-order valence-electron chi connectivity index (χ2n) is 6.30. The van der Waals surface area contributed by atoms with Gasteiger partial charge >= 0.3 is 5.97 Å². The molecule has 0 heterocycles. The van der Waals surface area contributed by atoms with Gasteiger partial charge in [-0.3, -0.25) is 0 Å². The van der Waals surface area contributed by atoms with Crippen molar-refractivity contribution in [1.82, 2.24) is 4.31 Å². The van der Waals surface area contributed by atoms with E-state index in [9.17, 15) is 18.3 Å². The first-order chi connectivity index (χ1) is 9.49. The highest BCUT2D eigenvalue weighted by atomic mass is 32.2. The molecule has 0 aromatic heterocycles. The second-order valence-corrected chi connectivity index (χ2v) is 8.34. The van der Waals surface area contributed by atoms with Crippen molar-refractivity contribution in [2.75, 3.05) is 13.6 Å². The smallest absolute Gasteiger partial charge is 0.336 e. The Hall–Kier alpha value is -1.40. The van der Waals surface area contributed by atoms with Crippen molar-refractivity contribution >= 4 is 16.0 Å². The first-order valence-corrected chi connectivity index (χ1v) is 8.25. The van der Waals surface area contributed by atoms with Crippen LogP contribution in [0.2, 0.25) is 0 Å². The molecule has 1 rings (SSSR count). The molecule has 0 radical (unpaired) electrons. The summed E-state index contributed by atoms with van der Waals surface area (Å²) in [5.74, 6) is -1.11. The summed E-state index contributed by atoms with van der Waals surface area (Å²) in [6.07, 6.45) is 0.541. The third kappa shape index (κ3) is 4.28. The van der Waals surface area contributed by atoms with Crippen LogP contribution in [0.4, 0.5) is 0 Å². The van der Waals surface area contributed by atoms with E-state index in [0.29, 0.717) is 18.5 Å². The van der Waals surface area contributed by atoms with Crippen molar-refractivity contribution in [3.05, 3.63) is 29.3 Å². The van der Waals surface area contributed by atoms with Crippen LogP contribution in [-0.2, 0) is 16.4 Å². The molecule has 0 atom stereocenters.